The predicted octanol–water partition coefficient (Wildman–Crippen LogP) is -0.207. The summed E-state index contributed by atoms with van der Waals surface area (Å²) in [6.07, 6.45) is 1.46. The molecule has 1 aromatic heterocycles. The van der Waals surface area contributed by atoms with Gasteiger partial charge in [-0.25, -0.2) is 0 Å². The van der Waals surface area contributed by atoms with Crippen molar-refractivity contribution in [1.82, 2.24) is 9.78 Å². The fourth-order valence-electron chi connectivity index (χ4n) is 6.25. The van der Waals surface area contributed by atoms with Gasteiger partial charge in [-0.1, -0.05) is 0 Å². The topological polar surface area (TPSA) is 173 Å². The number of phenolic OH excluding ortho intramolecular Hbond substituents is 1. The monoisotopic (exact) mass is 494 g/mol. The van der Waals surface area contributed by atoms with Crippen molar-refractivity contribution in [3.05, 3.63) is 29.5 Å². The number of fused-ring (bicyclic) bond motifs is 3. The van der Waals surface area contributed by atoms with Crippen LogP contribution < -0.4 is 10.6 Å². The highest BCUT2D eigenvalue weighted by molar-refractivity contribution is 6.31. The molecule has 3 aliphatic carbocycles. The quantitative estimate of drug-likeness (QED) is 0.488. The highest BCUT2D eigenvalue weighted by Gasteiger charge is 2.66. The molecule has 2 saturated carbocycles. The molecule has 2 fully saturated rings. The number of primary amides is 1. The number of aromatic hydroxyl groups is 1. The van der Waals surface area contributed by atoms with Gasteiger partial charge in [0.05, 0.1) is 17.2 Å². The summed E-state index contributed by atoms with van der Waals surface area (Å²) in [5.74, 6) is -10.3. The second-order valence-corrected chi connectivity index (χ2v) is 10.1. The number of phenols is 1. The van der Waals surface area contributed by atoms with Crippen molar-refractivity contribution < 1.29 is 34.2 Å². The van der Waals surface area contributed by atoms with Gasteiger partial charge in [-0.2, -0.15) is 5.10 Å². The normalized spacial score (nSPS) is 29.4. The SMILES string of the molecule is CN(C)c1cc(-c2ccnn2C)c(O)c2c1C[C@H]1C[C@H]3CC(=O)C(C(N)=O)C(=O)[C@@]3(O)C(=O)C1C2=O. The molecule has 188 valence electrons. The van der Waals surface area contributed by atoms with Crippen LogP contribution in [0.25, 0.3) is 11.3 Å². The smallest absolute Gasteiger partial charge is 0.235 e. The Morgan fingerprint density at radius 3 is 2.47 bits per heavy atom. The number of aromatic nitrogens is 2. The van der Waals surface area contributed by atoms with Crippen LogP contribution in [-0.2, 0) is 32.6 Å². The lowest BCUT2D eigenvalue weighted by Gasteiger charge is -2.48. The molecule has 11 nitrogen and oxygen atoms in total. The van der Waals surface area contributed by atoms with Crippen molar-refractivity contribution in [2.75, 3.05) is 19.0 Å². The lowest BCUT2D eigenvalue weighted by Crippen LogP contribution is -2.68. The average Bonchev–Trinajstić information content (AvgIpc) is 3.21. The van der Waals surface area contributed by atoms with Gasteiger partial charge in [-0.15, -0.1) is 0 Å². The maximum absolute atomic E-state index is 13.9. The summed E-state index contributed by atoms with van der Waals surface area (Å²) in [5, 5.41) is 26.7. The van der Waals surface area contributed by atoms with E-state index in [0.717, 1.165) is 0 Å². The van der Waals surface area contributed by atoms with Gasteiger partial charge in [-0.05, 0) is 36.5 Å². The fraction of sp³-hybridized carbons (Fsp3) is 0.440. The molecule has 1 aromatic carbocycles. The van der Waals surface area contributed by atoms with Crippen LogP contribution in [0.4, 0.5) is 5.69 Å². The summed E-state index contributed by atoms with van der Waals surface area (Å²) in [6.45, 7) is 0. The van der Waals surface area contributed by atoms with E-state index in [0.29, 0.717) is 22.5 Å². The van der Waals surface area contributed by atoms with Crippen LogP contribution in [0.15, 0.2) is 18.3 Å². The van der Waals surface area contributed by atoms with Crippen molar-refractivity contribution in [2.45, 2.75) is 24.9 Å². The molecule has 1 heterocycles. The molecule has 1 amide bonds. The molecule has 3 aliphatic rings. The van der Waals surface area contributed by atoms with E-state index in [2.05, 4.69) is 5.10 Å². The molecule has 4 N–H and O–H groups in total. The number of hydrogen-bond donors (Lipinski definition) is 3. The summed E-state index contributed by atoms with van der Waals surface area (Å²) in [6, 6.07) is 3.43. The van der Waals surface area contributed by atoms with Gasteiger partial charge >= 0.3 is 0 Å². The van der Waals surface area contributed by atoms with Crippen LogP contribution in [0.1, 0.15) is 28.8 Å². The first kappa shape index (κ1) is 23.9. The number of aryl methyl sites for hydroxylation is 1. The Hall–Kier alpha value is -3.86. The first-order valence-corrected chi connectivity index (χ1v) is 11.6. The first-order valence-electron chi connectivity index (χ1n) is 11.6. The molecule has 5 atom stereocenters. The summed E-state index contributed by atoms with van der Waals surface area (Å²) in [4.78, 5) is 66.6. The number of rotatable bonds is 3. The van der Waals surface area contributed by atoms with Gasteiger partial charge in [0, 0.05) is 50.9 Å². The van der Waals surface area contributed by atoms with Gasteiger partial charge in [0.25, 0.3) is 0 Å². The number of carbonyl (C=O) groups is 5. The molecule has 0 saturated heterocycles. The largest absolute Gasteiger partial charge is 0.506 e. The van der Waals surface area contributed by atoms with Crippen LogP contribution in [0.2, 0.25) is 0 Å². The number of nitrogens with zero attached hydrogens (tertiary/aromatic N) is 3. The summed E-state index contributed by atoms with van der Waals surface area (Å²) in [5.41, 5.74) is 4.63. The molecule has 0 spiro atoms. The Kier molecular flexibility index (Phi) is 5.18. The third-order valence-corrected chi connectivity index (χ3v) is 7.96. The number of ketones is 4. The van der Waals surface area contributed by atoms with Crippen molar-refractivity contribution in [3.63, 3.8) is 0 Å². The molecule has 11 heteroatoms. The average molecular weight is 495 g/mol. The minimum atomic E-state index is -2.67. The lowest BCUT2D eigenvalue weighted by atomic mass is 9.53. The highest BCUT2D eigenvalue weighted by atomic mass is 16.3. The second kappa shape index (κ2) is 7.82. The Morgan fingerprint density at radius 2 is 1.89 bits per heavy atom. The zero-order valence-corrected chi connectivity index (χ0v) is 20.0. The van der Waals surface area contributed by atoms with Crippen molar-refractivity contribution in [1.29, 1.82) is 0 Å². The number of amides is 1. The molecular formula is C25H26N4O7. The first-order chi connectivity index (χ1) is 16.9. The standard InChI is InChI=1S/C25H26N4O7/c1-28(2)15-9-13(14-4-5-27-29(14)3)20(31)18-12(15)7-10-6-11-8-16(30)19(24(26)35)23(34)25(11,36)22(33)17(10)21(18)32/h4-5,9-11,17,19,31,36H,6-8H2,1-3H3,(H2,26,35)/t10-,11+,17?,19?,25+/m1/s1. The number of nitrogens with two attached hydrogens (primary N) is 1. The number of benzene rings is 1. The van der Waals surface area contributed by atoms with Gasteiger partial charge in [-0.3, -0.25) is 28.7 Å². The minimum Gasteiger partial charge on any atom is -0.506 e. The molecule has 0 radical (unpaired) electrons. The predicted molar refractivity (Wildman–Crippen MR) is 125 cm³/mol. The number of hydrogen-bond acceptors (Lipinski definition) is 9. The van der Waals surface area contributed by atoms with Crippen LogP contribution in [0.3, 0.4) is 0 Å². The Morgan fingerprint density at radius 1 is 1.19 bits per heavy atom. The van der Waals surface area contributed by atoms with Crippen LogP contribution in [0.5, 0.6) is 5.75 Å². The fourth-order valence-corrected chi connectivity index (χ4v) is 6.25. The lowest BCUT2D eigenvalue weighted by molar-refractivity contribution is -0.175. The summed E-state index contributed by atoms with van der Waals surface area (Å²) < 4.78 is 1.54. The van der Waals surface area contributed by atoms with E-state index in [9.17, 15) is 34.2 Å². The zero-order chi connectivity index (χ0) is 26.3. The number of carbonyl (C=O) groups excluding carboxylic acids is 5. The molecule has 5 rings (SSSR count). The van der Waals surface area contributed by atoms with E-state index >= 15 is 0 Å². The van der Waals surface area contributed by atoms with Crippen molar-refractivity contribution in [2.24, 2.45) is 36.5 Å². The molecule has 0 bridgehead atoms. The van der Waals surface area contributed by atoms with E-state index in [4.69, 9.17) is 5.73 Å². The molecular weight excluding hydrogens is 468 g/mol. The van der Waals surface area contributed by atoms with E-state index in [-0.39, 0.29) is 30.6 Å². The Labute approximate surface area is 205 Å². The van der Waals surface area contributed by atoms with Crippen LogP contribution >= 0.6 is 0 Å². The second-order valence-electron chi connectivity index (χ2n) is 10.1. The number of aliphatic hydroxyl groups is 1. The van der Waals surface area contributed by atoms with Crippen LogP contribution in [-0.4, -0.2) is 68.7 Å². The number of anilines is 1. The molecule has 36 heavy (non-hydrogen) atoms. The minimum absolute atomic E-state index is 0.0418. The van der Waals surface area contributed by atoms with Crippen LogP contribution in [0, 0.1) is 23.7 Å². The third kappa shape index (κ3) is 3.01. The van der Waals surface area contributed by atoms with Gasteiger partial charge in [0.15, 0.2) is 34.7 Å². The van der Waals surface area contributed by atoms with E-state index in [1.807, 2.05) is 0 Å². The molecule has 0 aliphatic heterocycles. The summed E-state index contributed by atoms with van der Waals surface area (Å²) >= 11 is 0. The molecule has 2 aromatic rings. The molecule has 2 unspecified atom stereocenters. The number of Topliss-reactive ketones (excluding diaryl/α,β-unsaturated/α-hetero) is 4. The Bertz CT molecular complexity index is 1380. The zero-order valence-electron chi connectivity index (χ0n) is 20.0. The Balaban J connectivity index is 1.67. The van der Waals surface area contributed by atoms with E-state index in [1.54, 1.807) is 44.4 Å². The van der Waals surface area contributed by atoms with Crippen molar-refractivity contribution >= 4 is 34.7 Å². The highest BCUT2D eigenvalue weighted by Crippen LogP contribution is 2.52. The van der Waals surface area contributed by atoms with E-state index in [1.165, 1.54) is 4.68 Å². The van der Waals surface area contributed by atoms with Gasteiger partial charge < -0.3 is 20.8 Å². The van der Waals surface area contributed by atoms with Gasteiger partial charge in [0.2, 0.25) is 5.91 Å². The summed E-state index contributed by atoms with van der Waals surface area (Å²) in [7, 11) is 5.28. The van der Waals surface area contributed by atoms with E-state index < -0.39 is 58.3 Å². The van der Waals surface area contributed by atoms with Gasteiger partial charge in [0.1, 0.15) is 5.75 Å². The van der Waals surface area contributed by atoms with Crippen molar-refractivity contribution in [3.8, 4) is 17.0 Å². The maximum Gasteiger partial charge on any atom is 0.235 e. The third-order valence-electron chi connectivity index (χ3n) is 7.96. The maximum atomic E-state index is 13.9.